The first kappa shape index (κ1) is 23.2. The molecule has 25 heavy (non-hydrogen) atoms. The molecule has 0 radical (unpaired) electrons. The number of benzene rings is 2. The Balaban J connectivity index is 0.00000134. The third-order valence-corrected chi connectivity index (χ3v) is 4.04. The van der Waals surface area contributed by atoms with Crippen LogP contribution in [0.4, 0.5) is 0 Å². The summed E-state index contributed by atoms with van der Waals surface area (Å²) in [6.07, 6.45) is 0. The molecule has 0 fully saturated rings. The lowest BCUT2D eigenvalue weighted by molar-refractivity contribution is -0.130. The van der Waals surface area contributed by atoms with Gasteiger partial charge >= 0.3 is 0 Å². The van der Waals surface area contributed by atoms with E-state index in [2.05, 4.69) is 24.3 Å². The van der Waals surface area contributed by atoms with Crippen molar-refractivity contribution in [2.24, 2.45) is 0 Å². The highest BCUT2D eigenvalue weighted by Gasteiger charge is 2.16. The van der Waals surface area contributed by atoms with Gasteiger partial charge in [-0.05, 0) is 11.1 Å². The molecule has 0 aromatic heterocycles. The van der Waals surface area contributed by atoms with Crippen molar-refractivity contribution in [1.29, 1.82) is 0 Å². The number of hydrogen-bond donors (Lipinski definition) is 0. The fraction of sp³-hybridized carbons (Fsp3) is 0.381. The molecule has 2 aromatic rings. The second-order valence-corrected chi connectivity index (χ2v) is 5.75. The number of carbonyl (C=O) groups excluding carboxylic acids is 1. The SMILES string of the molecule is CC.CC.CN(C)C(=O)COSC(c1ccccc1)c1ccccc1. The van der Waals surface area contributed by atoms with Crippen LogP contribution in [0.3, 0.4) is 0 Å². The van der Waals surface area contributed by atoms with Gasteiger partial charge in [-0.15, -0.1) is 0 Å². The molecule has 0 atom stereocenters. The fourth-order valence-corrected chi connectivity index (χ4v) is 2.68. The largest absolute Gasteiger partial charge is 0.347 e. The molecular formula is C21H31NO2S. The van der Waals surface area contributed by atoms with Gasteiger partial charge in [0, 0.05) is 26.1 Å². The predicted molar refractivity (Wildman–Crippen MR) is 110 cm³/mol. The highest BCUT2D eigenvalue weighted by atomic mass is 32.2. The van der Waals surface area contributed by atoms with Gasteiger partial charge in [-0.3, -0.25) is 4.79 Å². The first-order chi connectivity index (χ1) is 12.2. The van der Waals surface area contributed by atoms with Crippen LogP contribution in [0.25, 0.3) is 0 Å². The summed E-state index contributed by atoms with van der Waals surface area (Å²) in [6, 6.07) is 20.3. The van der Waals surface area contributed by atoms with Crippen LogP contribution < -0.4 is 0 Å². The van der Waals surface area contributed by atoms with E-state index in [-0.39, 0.29) is 17.8 Å². The van der Waals surface area contributed by atoms with E-state index in [9.17, 15) is 4.79 Å². The molecule has 2 aromatic carbocycles. The number of rotatable bonds is 6. The van der Waals surface area contributed by atoms with Crippen LogP contribution in [0.15, 0.2) is 60.7 Å². The Hall–Kier alpha value is -1.78. The summed E-state index contributed by atoms with van der Waals surface area (Å²) in [5.74, 6) is -0.0395. The molecule has 3 nitrogen and oxygen atoms in total. The number of hydrogen-bond acceptors (Lipinski definition) is 3. The highest BCUT2D eigenvalue weighted by Crippen LogP contribution is 2.35. The van der Waals surface area contributed by atoms with Crippen LogP contribution >= 0.6 is 12.0 Å². The van der Waals surface area contributed by atoms with Crippen LogP contribution in [0.5, 0.6) is 0 Å². The van der Waals surface area contributed by atoms with Gasteiger partial charge < -0.3 is 9.08 Å². The zero-order valence-electron chi connectivity index (χ0n) is 16.2. The zero-order valence-corrected chi connectivity index (χ0v) is 17.0. The summed E-state index contributed by atoms with van der Waals surface area (Å²) in [6.45, 7) is 8.08. The van der Waals surface area contributed by atoms with E-state index in [1.807, 2.05) is 64.1 Å². The van der Waals surface area contributed by atoms with Gasteiger partial charge in [0.2, 0.25) is 5.91 Å². The van der Waals surface area contributed by atoms with E-state index in [0.717, 1.165) is 11.1 Å². The minimum absolute atomic E-state index is 0.0395. The summed E-state index contributed by atoms with van der Waals surface area (Å²) in [5, 5.41) is 0.0577. The minimum Gasteiger partial charge on any atom is -0.347 e. The molecule has 4 heteroatoms. The van der Waals surface area contributed by atoms with Crippen molar-refractivity contribution in [1.82, 2.24) is 4.90 Å². The average molecular weight is 362 g/mol. The van der Waals surface area contributed by atoms with Gasteiger partial charge in [-0.25, -0.2) is 0 Å². The van der Waals surface area contributed by atoms with Gasteiger partial charge in [0.25, 0.3) is 0 Å². The van der Waals surface area contributed by atoms with Gasteiger partial charge in [0.05, 0.1) is 5.25 Å². The third-order valence-electron chi connectivity index (χ3n) is 3.05. The first-order valence-corrected chi connectivity index (χ1v) is 9.57. The van der Waals surface area contributed by atoms with Gasteiger partial charge in [-0.1, -0.05) is 88.4 Å². The maximum absolute atomic E-state index is 11.6. The molecule has 0 saturated heterocycles. The predicted octanol–water partition coefficient (Wildman–Crippen LogP) is 5.58. The van der Waals surface area contributed by atoms with Crippen LogP contribution in [-0.2, 0) is 8.98 Å². The number of amides is 1. The molecule has 2 rings (SSSR count). The van der Waals surface area contributed by atoms with Crippen molar-refractivity contribution in [3.63, 3.8) is 0 Å². The second-order valence-electron chi connectivity index (χ2n) is 4.85. The van der Waals surface area contributed by atoms with Crippen LogP contribution in [0.1, 0.15) is 44.1 Å². The Morgan fingerprint density at radius 3 is 1.64 bits per heavy atom. The molecule has 138 valence electrons. The molecule has 1 amide bonds. The molecule has 0 heterocycles. The summed E-state index contributed by atoms with van der Waals surface area (Å²) in [7, 11) is 3.45. The zero-order chi connectivity index (χ0) is 19.1. The molecule has 0 aliphatic heterocycles. The van der Waals surface area contributed by atoms with E-state index in [0.29, 0.717) is 0 Å². The van der Waals surface area contributed by atoms with Gasteiger partial charge in [0.1, 0.15) is 6.61 Å². The third kappa shape index (κ3) is 8.75. The quantitative estimate of drug-likeness (QED) is 0.629. The normalized spacial score (nSPS) is 9.40. The maximum Gasteiger partial charge on any atom is 0.249 e. The van der Waals surface area contributed by atoms with E-state index in [4.69, 9.17) is 4.18 Å². The average Bonchev–Trinajstić information content (AvgIpc) is 2.69. The topological polar surface area (TPSA) is 29.5 Å². The lowest BCUT2D eigenvalue weighted by Gasteiger charge is -2.17. The van der Waals surface area contributed by atoms with E-state index >= 15 is 0 Å². The number of carbonyl (C=O) groups is 1. The Kier molecular flexibility index (Phi) is 13.5. The summed E-state index contributed by atoms with van der Waals surface area (Å²) in [5.41, 5.74) is 2.32. The molecular weight excluding hydrogens is 330 g/mol. The molecule has 0 N–H and O–H groups in total. The fourth-order valence-electron chi connectivity index (χ4n) is 1.84. The number of nitrogens with zero attached hydrogens (tertiary/aromatic N) is 1. The summed E-state index contributed by atoms with van der Waals surface area (Å²) >= 11 is 1.33. The Morgan fingerprint density at radius 1 is 0.880 bits per heavy atom. The van der Waals surface area contributed by atoms with Crippen molar-refractivity contribution in [2.75, 3.05) is 20.7 Å². The van der Waals surface area contributed by atoms with Crippen molar-refractivity contribution in [3.8, 4) is 0 Å². The van der Waals surface area contributed by atoms with Crippen LogP contribution in [-0.4, -0.2) is 31.5 Å². The monoisotopic (exact) mass is 361 g/mol. The van der Waals surface area contributed by atoms with Gasteiger partial charge in [-0.2, -0.15) is 0 Å². The Bertz CT molecular complexity index is 519. The standard InChI is InChI=1S/C17H19NO2S.2C2H6/c1-18(2)16(19)13-20-21-17(14-9-5-3-6-10-14)15-11-7-4-8-12-15;2*1-2/h3-12,17H,13H2,1-2H3;2*1-2H3. The molecule has 0 aliphatic rings. The molecule has 0 aliphatic carbocycles. The van der Waals surface area contributed by atoms with Gasteiger partial charge in [0.15, 0.2) is 0 Å². The smallest absolute Gasteiger partial charge is 0.249 e. The number of likely N-dealkylation sites (N-methyl/N-ethyl adjacent to an activating group) is 1. The van der Waals surface area contributed by atoms with Crippen molar-refractivity contribution < 1.29 is 8.98 Å². The molecule has 0 saturated carbocycles. The summed E-state index contributed by atoms with van der Waals surface area (Å²) in [4.78, 5) is 13.1. The van der Waals surface area contributed by atoms with E-state index in [1.54, 1.807) is 14.1 Å². The Labute approximate surface area is 157 Å². The van der Waals surface area contributed by atoms with Crippen molar-refractivity contribution in [2.45, 2.75) is 32.9 Å². The molecule has 0 bridgehead atoms. The maximum atomic E-state index is 11.6. The van der Waals surface area contributed by atoms with Crippen molar-refractivity contribution in [3.05, 3.63) is 71.8 Å². The van der Waals surface area contributed by atoms with Crippen molar-refractivity contribution >= 4 is 17.9 Å². The van der Waals surface area contributed by atoms with Crippen LogP contribution in [0, 0.1) is 0 Å². The Morgan fingerprint density at radius 2 is 1.28 bits per heavy atom. The summed E-state index contributed by atoms with van der Waals surface area (Å²) < 4.78 is 5.55. The van der Waals surface area contributed by atoms with Crippen LogP contribution in [0.2, 0.25) is 0 Å². The second kappa shape index (κ2) is 14.6. The minimum atomic E-state index is -0.0395. The lowest BCUT2D eigenvalue weighted by Crippen LogP contribution is -2.25. The molecule has 0 unspecified atom stereocenters. The highest BCUT2D eigenvalue weighted by molar-refractivity contribution is 7.95. The van der Waals surface area contributed by atoms with E-state index < -0.39 is 0 Å². The first-order valence-electron chi connectivity index (χ1n) is 8.77. The van der Waals surface area contributed by atoms with E-state index in [1.165, 1.54) is 16.9 Å². The lowest BCUT2D eigenvalue weighted by atomic mass is 10.0. The molecule has 0 spiro atoms.